The molecule has 3 aliphatic rings. The second kappa shape index (κ2) is 6.48. The van der Waals surface area contributed by atoms with E-state index in [9.17, 15) is 23.5 Å². The molecule has 5 nitrogen and oxygen atoms in total. The first kappa shape index (κ1) is 17.4. The number of urea groups is 1. The predicted octanol–water partition coefficient (Wildman–Crippen LogP) is 3.10. The summed E-state index contributed by atoms with van der Waals surface area (Å²) in [5.41, 5.74) is -0.799. The van der Waals surface area contributed by atoms with Crippen molar-refractivity contribution in [2.75, 3.05) is 19.6 Å². The van der Waals surface area contributed by atoms with Crippen molar-refractivity contribution in [3.63, 3.8) is 0 Å². The van der Waals surface area contributed by atoms with E-state index in [1.165, 1.54) is 0 Å². The molecule has 1 aliphatic heterocycles. The number of nitrogens with zero attached hydrogens (tertiary/aromatic N) is 1. The number of alkyl halides is 2. The maximum absolute atomic E-state index is 13.6. The van der Waals surface area contributed by atoms with Crippen molar-refractivity contribution in [3.05, 3.63) is 0 Å². The molecular weight excluding hydrogens is 318 g/mol. The van der Waals surface area contributed by atoms with Gasteiger partial charge in [-0.25, -0.2) is 13.6 Å². The first-order chi connectivity index (χ1) is 11.3. The van der Waals surface area contributed by atoms with E-state index >= 15 is 0 Å². The third-order valence-electron chi connectivity index (χ3n) is 6.12. The topological polar surface area (TPSA) is 69.6 Å². The van der Waals surface area contributed by atoms with Crippen LogP contribution in [0.3, 0.4) is 0 Å². The average molecular weight is 344 g/mol. The monoisotopic (exact) mass is 344 g/mol. The molecule has 136 valence electrons. The van der Waals surface area contributed by atoms with Crippen LogP contribution in [0.25, 0.3) is 0 Å². The lowest BCUT2D eigenvalue weighted by molar-refractivity contribution is -0.149. The van der Waals surface area contributed by atoms with Crippen LogP contribution < -0.4 is 5.32 Å². The number of amides is 2. The van der Waals surface area contributed by atoms with Gasteiger partial charge in [-0.2, -0.15) is 0 Å². The fourth-order valence-electron chi connectivity index (χ4n) is 4.75. The number of carbonyl (C=O) groups is 2. The molecule has 3 atom stereocenters. The Morgan fingerprint density at radius 3 is 2.67 bits per heavy atom. The molecule has 0 radical (unpaired) electrons. The van der Waals surface area contributed by atoms with Crippen LogP contribution in [0.5, 0.6) is 0 Å². The second-order valence-electron chi connectivity index (χ2n) is 7.79. The van der Waals surface area contributed by atoms with Crippen molar-refractivity contribution in [3.8, 4) is 0 Å². The first-order valence-electron chi connectivity index (χ1n) is 8.96. The number of hydrogen-bond acceptors (Lipinski definition) is 2. The lowest BCUT2D eigenvalue weighted by Crippen LogP contribution is -2.43. The van der Waals surface area contributed by atoms with Gasteiger partial charge in [-0.3, -0.25) is 4.79 Å². The van der Waals surface area contributed by atoms with Crippen molar-refractivity contribution in [2.24, 2.45) is 17.3 Å². The maximum Gasteiger partial charge on any atom is 0.317 e. The summed E-state index contributed by atoms with van der Waals surface area (Å²) >= 11 is 0. The molecule has 1 heterocycles. The predicted molar refractivity (Wildman–Crippen MR) is 83.9 cm³/mol. The molecule has 2 amide bonds. The summed E-state index contributed by atoms with van der Waals surface area (Å²) in [6.07, 6.45) is 4.12. The summed E-state index contributed by atoms with van der Waals surface area (Å²) < 4.78 is 27.3. The highest BCUT2D eigenvalue weighted by molar-refractivity contribution is 5.80. The number of rotatable bonds is 3. The number of aliphatic carboxylic acids is 1. The van der Waals surface area contributed by atoms with Crippen LogP contribution >= 0.6 is 0 Å². The van der Waals surface area contributed by atoms with Gasteiger partial charge in [-0.05, 0) is 37.5 Å². The largest absolute Gasteiger partial charge is 0.481 e. The Kier molecular flexibility index (Phi) is 4.71. The van der Waals surface area contributed by atoms with E-state index in [2.05, 4.69) is 5.32 Å². The summed E-state index contributed by atoms with van der Waals surface area (Å²) in [7, 11) is 0. The van der Waals surface area contributed by atoms with Gasteiger partial charge in [-0.15, -0.1) is 0 Å². The van der Waals surface area contributed by atoms with Gasteiger partial charge in [0.1, 0.15) is 0 Å². The van der Waals surface area contributed by atoms with Gasteiger partial charge in [0, 0.05) is 32.5 Å². The molecule has 1 saturated heterocycles. The molecule has 3 fully saturated rings. The fourth-order valence-corrected chi connectivity index (χ4v) is 4.75. The van der Waals surface area contributed by atoms with E-state index in [-0.39, 0.29) is 43.8 Å². The summed E-state index contributed by atoms with van der Waals surface area (Å²) in [6, 6.07) is -0.308. The molecule has 0 spiro atoms. The highest BCUT2D eigenvalue weighted by Gasteiger charge is 2.55. The molecule has 2 saturated carbocycles. The molecule has 0 bridgehead atoms. The molecule has 0 aromatic heterocycles. The van der Waals surface area contributed by atoms with Crippen LogP contribution in [-0.2, 0) is 4.79 Å². The van der Waals surface area contributed by atoms with Crippen LogP contribution in [0.1, 0.15) is 51.4 Å². The quantitative estimate of drug-likeness (QED) is 0.773. The number of likely N-dealkylation sites (tertiary alicyclic amines) is 1. The van der Waals surface area contributed by atoms with Crippen molar-refractivity contribution in [1.82, 2.24) is 10.2 Å². The zero-order chi connectivity index (χ0) is 17.4. The first-order valence-corrected chi connectivity index (χ1v) is 8.96. The Hall–Kier alpha value is -1.40. The molecule has 0 aromatic rings. The van der Waals surface area contributed by atoms with Gasteiger partial charge in [0.2, 0.25) is 5.92 Å². The van der Waals surface area contributed by atoms with Gasteiger partial charge in [0.05, 0.1) is 5.41 Å². The Bertz CT molecular complexity index is 514. The van der Waals surface area contributed by atoms with Gasteiger partial charge >= 0.3 is 12.0 Å². The maximum atomic E-state index is 13.6. The van der Waals surface area contributed by atoms with Crippen molar-refractivity contribution in [2.45, 2.75) is 57.3 Å². The van der Waals surface area contributed by atoms with Gasteiger partial charge in [0.25, 0.3) is 0 Å². The summed E-state index contributed by atoms with van der Waals surface area (Å²) in [5, 5.41) is 12.3. The minimum absolute atomic E-state index is 0.0166. The smallest absolute Gasteiger partial charge is 0.317 e. The van der Waals surface area contributed by atoms with E-state index < -0.39 is 17.3 Å². The number of carbonyl (C=O) groups excluding carboxylic acids is 1. The lowest BCUT2D eigenvalue weighted by atomic mass is 9.81. The van der Waals surface area contributed by atoms with Crippen molar-refractivity contribution >= 4 is 12.0 Å². The summed E-state index contributed by atoms with van der Waals surface area (Å²) in [6.45, 7) is 0.939. The molecule has 2 aliphatic carbocycles. The second-order valence-corrected chi connectivity index (χ2v) is 7.79. The lowest BCUT2D eigenvalue weighted by Gasteiger charge is -2.24. The third kappa shape index (κ3) is 3.35. The number of fused-ring (bicyclic) bond motifs is 1. The van der Waals surface area contributed by atoms with Crippen molar-refractivity contribution < 1.29 is 23.5 Å². The van der Waals surface area contributed by atoms with Gasteiger partial charge in [-0.1, -0.05) is 12.8 Å². The molecule has 24 heavy (non-hydrogen) atoms. The average Bonchev–Trinajstić information content (AvgIpc) is 3.01. The molecule has 0 aromatic carbocycles. The van der Waals surface area contributed by atoms with E-state index in [4.69, 9.17) is 0 Å². The van der Waals surface area contributed by atoms with Gasteiger partial charge < -0.3 is 15.3 Å². The number of carboxylic acids is 1. The molecule has 2 N–H and O–H groups in total. The van der Waals surface area contributed by atoms with E-state index in [1.807, 2.05) is 0 Å². The Morgan fingerprint density at radius 1 is 1.17 bits per heavy atom. The zero-order valence-electron chi connectivity index (χ0n) is 13.9. The number of carboxylic acid groups (broad SMARTS) is 1. The molecule has 7 heteroatoms. The fraction of sp³-hybridized carbons (Fsp3) is 0.882. The molecule has 3 rings (SSSR count). The van der Waals surface area contributed by atoms with Crippen LogP contribution in [-0.4, -0.2) is 47.6 Å². The van der Waals surface area contributed by atoms with Crippen LogP contribution in [0.15, 0.2) is 0 Å². The van der Waals surface area contributed by atoms with Crippen LogP contribution in [0.2, 0.25) is 0 Å². The Balaban J connectivity index is 1.54. The SMILES string of the molecule is O=C(NCC1CCCCC(F)(F)C1)N1C[C@@H]2CCC[C@@]2(C(=O)O)C1. The number of halogens is 2. The normalized spacial score (nSPS) is 35.3. The number of hydrogen-bond donors (Lipinski definition) is 2. The molecular formula is C17H26F2N2O3. The number of nitrogens with one attached hydrogen (secondary N) is 1. The minimum atomic E-state index is -2.63. The van der Waals surface area contributed by atoms with Gasteiger partial charge in [0.15, 0.2) is 0 Å². The Labute approximate surface area is 140 Å². The van der Waals surface area contributed by atoms with E-state index in [0.717, 1.165) is 19.3 Å². The zero-order valence-corrected chi connectivity index (χ0v) is 13.9. The van der Waals surface area contributed by atoms with E-state index in [1.54, 1.807) is 4.90 Å². The van der Waals surface area contributed by atoms with Crippen LogP contribution in [0, 0.1) is 17.3 Å². The highest BCUT2D eigenvalue weighted by Crippen LogP contribution is 2.48. The highest BCUT2D eigenvalue weighted by atomic mass is 19.3. The minimum Gasteiger partial charge on any atom is -0.481 e. The Morgan fingerprint density at radius 2 is 1.96 bits per heavy atom. The van der Waals surface area contributed by atoms with E-state index in [0.29, 0.717) is 25.8 Å². The standard InChI is InChI=1S/C17H26F2N2O3/c18-17(19)7-2-1-4-12(8-17)9-20-15(24)21-10-13-5-3-6-16(13,11-21)14(22)23/h12-13H,1-11H2,(H,20,24)(H,22,23)/t12?,13-,16+/m0/s1. The third-order valence-corrected chi connectivity index (χ3v) is 6.12. The van der Waals surface area contributed by atoms with Crippen LogP contribution in [0.4, 0.5) is 13.6 Å². The summed E-state index contributed by atoms with van der Waals surface area (Å²) in [4.78, 5) is 25.6. The molecule has 1 unspecified atom stereocenters. The van der Waals surface area contributed by atoms with Crippen molar-refractivity contribution in [1.29, 1.82) is 0 Å². The summed E-state index contributed by atoms with van der Waals surface area (Å²) in [5.74, 6) is -3.64.